The molecule has 2 aliphatic rings. The summed E-state index contributed by atoms with van der Waals surface area (Å²) in [5.41, 5.74) is 1.54. The third kappa shape index (κ3) is 3.84. The van der Waals surface area contributed by atoms with Crippen LogP contribution in [0.15, 0.2) is 36.4 Å². The van der Waals surface area contributed by atoms with Gasteiger partial charge in [0.2, 0.25) is 0 Å². The van der Waals surface area contributed by atoms with Gasteiger partial charge in [0, 0.05) is 36.5 Å². The first-order valence-electron chi connectivity index (χ1n) is 9.95. The molecule has 0 radical (unpaired) electrons. The maximum atomic E-state index is 12.8. The first-order chi connectivity index (χ1) is 13.9. The summed E-state index contributed by atoms with van der Waals surface area (Å²) < 4.78 is 11.7. The zero-order valence-corrected chi connectivity index (χ0v) is 17.4. The van der Waals surface area contributed by atoms with E-state index >= 15 is 0 Å². The molecule has 1 fully saturated rings. The molecule has 2 heterocycles. The highest BCUT2D eigenvalue weighted by Crippen LogP contribution is 2.41. The molecule has 2 aromatic carbocycles. The Bertz CT molecular complexity index is 946. The molecule has 1 spiro atoms. The molecule has 0 N–H and O–H groups in total. The second-order valence-corrected chi connectivity index (χ2v) is 8.14. The third-order valence-electron chi connectivity index (χ3n) is 5.74. The fourth-order valence-corrected chi connectivity index (χ4v) is 4.22. The van der Waals surface area contributed by atoms with Crippen LogP contribution in [-0.4, -0.2) is 41.9 Å². The van der Waals surface area contributed by atoms with Crippen molar-refractivity contribution in [2.45, 2.75) is 38.7 Å². The molecule has 0 saturated carbocycles. The SMILES string of the molecule is CCOc1ccc(C(=O)N2CCC3(CC2)CC(=O)c2cc(Cl)c(C)cc2O3)cc1. The average molecular weight is 414 g/mol. The molecular weight excluding hydrogens is 390 g/mol. The lowest BCUT2D eigenvalue weighted by Crippen LogP contribution is -2.52. The molecule has 29 heavy (non-hydrogen) atoms. The van der Waals surface area contributed by atoms with Gasteiger partial charge in [-0.15, -0.1) is 0 Å². The Labute approximate surface area is 175 Å². The fraction of sp³-hybridized carbons (Fsp3) is 0.391. The molecule has 1 saturated heterocycles. The fourth-order valence-electron chi connectivity index (χ4n) is 4.05. The Morgan fingerprint density at radius 3 is 2.55 bits per heavy atom. The summed E-state index contributed by atoms with van der Waals surface area (Å²) in [6, 6.07) is 10.8. The molecular formula is C23H24ClNO4. The van der Waals surface area contributed by atoms with Crippen LogP contribution >= 0.6 is 11.6 Å². The molecule has 1 amide bonds. The van der Waals surface area contributed by atoms with Gasteiger partial charge in [0.25, 0.3) is 5.91 Å². The molecule has 0 aromatic heterocycles. The number of amides is 1. The number of ether oxygens (including phenoxy) is 2. The van der Waals surface area contributed by atoms with E-state index in [1.807, 2.05) is 36.9 Å². The zero-order chi connectivity index (χ0) is 20.6. The molecule has 5 nitrogen and oxygen atoms in total. The van der Waals surface area contributed by atoms with Gasteiger partial charge < -0.3 is 14.4 Å². The predicted molar refractivity (Wildman–Crippen MR) is 111 cm³/mol. The van der Waals surface area contributed by atoms with Crippen molar-refractivity contribution in [2.75, 3.05) is 19.7 Å². The van der Waals surface area contributed by atoms with Gasteiger partial charge in [0.15, 0.2) is 5.78 Å². The Balaban J connectivity index is 1.45. The van der Waals surface area contributed by atoms with E-state index < -0.39 is 5.60 Å². The van der Waals surface area contributed by atoms with Crippen molar-refractivity contribution in [3.05, 3.63) is 58.1 Å². The number of ketones is 1. The predicted octanol–water partition coefficient (Wildman–Crippen LogP) is 4.69. The molecule has 0 unspecified atom stereocenters. The number of piperidine rings is 1. The van der Waals surface area contributed by atoms with E-state index in [4.69, 9.17) is 21.1 Å². The van der Waals surface area contributed by atoms with Crippen LogP contribution in [0.2, 0.25) is 5.02 Å². The van der Waals surface area contributed by atoms with E-state index in [0.717, 1.165) is 11.3 Å². The standard InChI is InChI=1S/C23H24ClNO4/c1-3-28-17-6-4-16(5-7-17)22(27)25-10-8-23(9-11-25)14-20(26)18-13-19(24)15(2)12-21(18)29-23/h4-7,12-13H,3,8-11,14H2,1-2H3. The summed E-state index contributed by atoms with van der Waals surface area (Å²) in [7, 11) is 0. The van der Waals surface area contributed by atoms with Crippen LogP contribution < -0.4 is 9.47 Å². The molecule has 152 valence electrons. The summed E-state index contributed by atoms with van der Waals surface area (Å²) >= 11 is 6.17. The van der Waals surface area contributed by atoms with Crippen LogP contribution in [0.1, 0.15) is 52.5 Å². The number of hydrogen-bond donors (Lipinski definition) is 0. The number of halogens is 1. The first-order valence-corrected chi connectivity index (χ1v) is 10.3. The van der Waals surface area contributed by atoms with E-state index in [1.54, 1.807) is 18.2 Å². The van der Waals surface area contributed by atoms with E-state index in [-0.39, 0.29) is 11.7 Å². The smallest absolute Gasteiger partial charge is 0.253 e. The van der Waals surface area contributed by atoms with Gasteiger partial charge in [-0.1, -0.05) is 11.6 Å². The van der Waals surface area contributed by atoms with Gasteiger partial charge in [-0.05, 0) is 55.8 Å². The molecule has 6 heteroatoms. The van der Waals surface area contributed by atoms with Crippen molar-refractivity contribution in [1.82, 2.24) is 4.90 Å². The number of benzene rings is 2. The van der Waals surface area contributed by atoms with E-state index in [9.17, 15) is 9.59 Å². The Hall–Kier alpha value is -2.53. The number of nitrogens with zero attached hydrogens (tertiary/aromatic N) is 1. The molecule has 2 aromatic rings. The minimum absolute atomic E-state index is 0.00643. The minimum Gasteiger partial charge on any atom is -0.494 e. The molecule has 4 rings (SSSR count). The Kier molecular flexibility index (Phi) is 5.26. The van der Waals surface area contributed by atoms with Crippen molar-refractivity contribution in [1.29, 1.82) is 0 Å². The monoisotopic (exact) mass is 413 g/mol. The summed E-state index contributed by atoms with van der Waals surface area (Å²) in [5, 5.41) is 0.576. The van der Waals surface area contributed by atoms with E-state index in [0.29, 0.717) is 60.9 Å². The maximum Gasteiger partial charge on any atom is 0.253 e. The van der Waals surface area contributed by atoms with Crippen LogP contribution in [0.5, 0.6) is 11.5 Å². The molecule has 0 bridgehead atoms. The maximum absolute atomic E-state index is 12.8. The van der Waals surface area contributed by atoms with Crippen LogP contribution in [0.4, 0.5) is 0 Å². The van der Waals surface area contributed by atoms with Gasteiger partial charge in [-0.3, -0.25) is 9.59 Å². The van der Waals surface area contributed by atoms with Crippen molar-refractivity contribution in [2.24, 2.45) is 0 Å². The highest BCUT2D eigenvalue weighted by molar-refractivity contribution is 6.31. The van der Waals surface area contributed by atoms with Crippen molar-refractivity contribution in [3.63, 3.8) is 0 Å². The number of aryl methyl sites for hydroxylation is 1. The average Bonchev–Trinajstić information content (AvgIpc) is 2.71. The molecule has 0 aliphatic carbocycles. The van der Waals surface area contributed by atoms with Gasteiger partial charge in [-0.25, -0.2) is 0 Å². The molecule has 0 atom stereocenters. The van der Waals surface area contributed by atoms with Gasteiger partial charge >= 0.3 is 0 Å². The molecule has 2 aliphatic heterocycles. The lowest BCUT2D eigenvalue weighted by Gasteiger charge is -2.44. The zero-order valence-electron chi connectivity index (χ0n) is 16.7. The Morgan fingerprint density at radius 1 is 1.21 bits per heavy atom. The second kappa shape index (κ2) is 7.71. The highest BCUT2D eigenvalue weighted by Gasteiger charge is 2.44. The van der Waals surface area contributed by atoms with E-state index in [2.05, 4.69) is 0 Å². The summed E-state index contributed by atoms with van der Waals surface area (Å²) in [4.78, 5) is 27.4. The first kappa shape index (κ1) is 19.8. The van der Waals surface area contributed by atoms with Crippen molar-refractivity contribution in [3.8, 4) is 11.5 Å². The third-order valence-corrected chi connectivity index (χ3v) is 6.15. The summed E-state index contributed by atoms with van der Waals surface area (Å²) in [6.45, 7) is 5.53. The quantitative estimate of drug-likeness (QED) is 0.732. The largest absolute Gasteiger partial charge is 0.494 e. The number of likely N-dealkylation sites (tertiary alicyclic amines) is 1. The lowest BCUT2D eigenvalue weighted by atomic mass is 9.82. The van der Waals surface area contributed by atoms with Gasteiger partial charge in [0.05, 0.1) is 18.6 Å². The van der Waals surface area contributed by atoms with Gasteiger partial charge in [0.1, 0.15) is 17.1 Å². The highest BCUT2D eigenvalue weighted by atomic mass is 35.5. The Morgan fingerprint density at radius 2 is 1.90 bits per heavy atom. The van der Waals surface area contributed by atoms with Crippen LogP contribution in [-0.2, 0) is 0 Å². The number of Topliss-reactive ketones (excluding diaryl/α,β-unsaturated/α-hetero) is 1. The van der Waals surface area contributed by atoms with Crippen LogP contribution in [0.25, 0.3) is 0 Å². The number of rotatable bonds is 3. The van der Waals surface area contributed by atoms with Gasteiger partial charge in [-0.2, -0.15) is 0 Å². The normalized spacial score (nSPS) is 17.6. The van der Waals surface area contributed by atoms with Crippen molar-refractivity contribution < 1.29 is 19.1 Å². The minimum atomic E-state index is -0.542. The van der Waals surface area contributed by atoms with Crippen LogP contribution in [0.3, 0.4) is 0 Å². The summed E-state index contributed by atoms with van der Waals surface area (Å²) in [5.74, 6) is 1.41. The van der Waals surface area contributed by atoms with Crippen molar-refractivity contribution >= 4 is 23.3 Å². The number of hydrogen-bond acceptors (Lipinski definition) is 4. The summed E-state index contributed by atoms with van der Waals surface area (Å²) in [6.07, 6.45) is 1.58. The lowest BCUT2D eigenvalue weighted by molar-refractivity contribution is -0.00573. The second-order valence-electron chi connectivity index (χ2n) is 7.73. The van der Waals surface area contributed by atoms with E-state index in [1.165, 1.54) is 0 Å². The number of carbonyl (C=O) groups is 2. The van der Waals surface area contributed by atoms with Crippen LogP contribution in [0, 0.1) is 6.92 Å². The topological polar surface area (TPSA) is 55.8 Å². The number of fused-ring (bicyclic) bond motifs is 1. The number of carbonyl (C=O) groups excluding carboxylic acids is 2.